The number of nitrogens with zero attached hydrogens (tertiary/aromatic N) is 1. The molecule has 144 valence electrons. The monoisotopic (exact) mass is 363 g/mol. The van der Waals surface area contributed by atoms with Gasteiger partial charge in [0.2, 0.25) is 0 Å². The molecule has 0 bridgehead atoms. The Morgan fingerprint density at radius 3 is 2.63 bits per heavy atom. The molecule has 0 N–H and O–H groups in total. The van der Waals surface area contributed by atoms with Gasteiger partial charge < -0.3 is 0 Å². The predicted molar refractivity (Wildman–Crippen MR) is 109 cm³/mol. The normalized spacial score (nSPS) is 49.0. The molecular formula is C25H33NO. The summed E-state index contributed by atoms with van der Waals surface area (Å²) >= 11 is 0. The Morgan fingerprint density at radius 1 is 1.30 bits per heavy atom. The molecule has 4 aliphatic rings. The quantitative estimate of drug-likeness (QED) is 0.572. The minimum absolute atomic E-state index is 0.0673. The third-order valence-corrected chi connectivity index (χ3v) is 9.46. The molecule has 7 atom stereocenters. The third-order valence-electron chi connectivity index (χ3n) is 9.46. The second kappa shape index (κ2) is 5.69. The molecule has 3 saturated carbocycles. The molecule has 3 fully saturated rings. The van der Waals surface area contributed by atoms with Gasteiger partial charge in [0.25, 0.3) is 0 Å². The predicted octanol–water partition coefficient (Wildman–Crippen LogP) is 6.02. The van der Waals surface area contributed by atoms with Crippen LogP contribution in [0.5, 0.6) is 0 Å². The Labute approximate surface area is 164 Å². The topological polar surface area (TPSA) is 40.9 Å². The van der Waals surface area contributed by atoms with Crippen molar-refractivity contribution in [2.45, 2.75) is 66.2 Å². The van der Waals surface area contributed by atoms with E-state index >= 15 is 0 Å². The van der Waals surface area contributed by atoms with E-state index in [1.54, 1.807) is 0 Å². The first-order valence-corrected chi connectivity index (χ1v) is 10.7. The van der Waals surface area contributed by atoms with Crippen LogP contribution in [0, 0.1) is 51.2 Å². The van der Waals surface area contributed by atoms with Crippen molar-refractivity contribution in [2.75, 3.05) is 0 Å². The zero-order chi connectivity index (χ0) is 19.8. The van der Waals surface area contributed by atoms with E-state index in [1.807, 2.05) is 6.08 Å². The Kier molecular flexibility index (Phi) is 3.95. The van der Waals surface area contributed by atoms with Gasteiger partial charge in [-0.3, -0.25) is 4.79 Å². The summed E-state index contributed by atoms with van der Waals surface area (Å²) in [7, 11) is 0. The van der Waals surface area contributed by atoms with E-state index in [0.717, 1.165) is 43.3 Å². The fourth-order valence-corrected chi connectivity index (χ4v) is 7.90. The van der Waals surface area contributed by atoms with Crippen LogP contribution in [-0.4, -0.2) is 5.78 Å². The summed E-state index contributed by atoms with van der Waals surface area (Å²) in [6.07, 6.45) is 7.68. The van der Waals surface area contributed by atoms with Crippen LogP contribution in [0.1, 0.15) is 66.2 Å². The first-order chi connectivity index (χ1) is 12.7. The fourth-order valence-electron chi connectivity index (χ4n) is 7.90. The van der Waals surface area contributed by atoms with Crippen molar-refractivity contribution in [3.63, 3.8) is 0 Å². The van der Waals surface area contributed by atoms with Crippen molar-refractivity contribution in [1.29, 1.82) is 5.26 Å². The number of allylic oxidation sites excluding steroid dienone is 3. The van der Waals surface area contributed by atoms with Crippen LogP contribution in [0.25, 0.3) is 0 Å². The molecule has 0 amide bonds. The largest absolute Gasteiger partial charge is 0.295 e. The number of carbonyl (C=O) groups excluding carboxylic acids is 1. The lowest BCUT2D eigenvalue weighted by molar-refractivity contribution is -0.118. The van der Waals surface area contributed by atoms with Gasteiger partial charge in [-0.1, -0.05) is 46.4 Å². The number of carbonyl (C=O) groups is 1. The van der Waals surface area contributed by atoms with Gasteiger partial charge in [0.05, 0.1) is 11.5 Å². The molecule has 4 rings (SSSR count). The number of rotatable bonds is 1. The SMILES string of the molecule is C=C1C(=C)C(C#N)(CC)[C@@]2(C)CC[C@@H]3[C@@H](C(C)CC4=CC(=O)CC[C@@]43C)[C@H]12. The molecule has 0 radical (unpaired) electrons. The Hall–Kier alpha value is -1.62. The van der Waals surface area contributed by atoms with Crippen LogP contribution in [0.2, 0.25) is 0 Å². The number of ketones is 1. The highest BCUT2D eigenvalue weighted by atomic mass is 16.1. The number of hydrogen-bond acceptors (Lipinski definition) is 2. The summed E-state index contributed by atoms with van der Waals surface area (Å²) in [4.78, 5) is 12.1. The summed E-state index contributed by atoms with van der Waals surface area (Å²) < 4.78 is 0. The maximum atomic E-state index is 12.1. The number of nitriles is 1. The molecule has 0 aromatic carbocycles. The summed E-state index contributed by atoms with van der Waals surface area (Å²) in [6.45, 7) is 18.1. The minimum Gasteiger partial charge on any atom is -0.295 e. The summed E-state index contributed by atoms with van der Waals surface area (Å²) in [5, 5.41) is 10.2. The van der Waals surface area contributed by atoms with Crippen LogP contribution >= 0.6 is 0 Å². The van der Waals surface area contributed by atoms with Crippen LogP contribution in [-0.2, 0) is 4.79 Å². The van der Waals surface area contributed by atoms with Gasteiger partial charge in [0, 0.05) is 6.42 Å². The maximum Gasteiger partial charge on any atom is 0.155 e. The molecule has 4 aliphatic carbocycles. The molecule has 27 heavy (non-hydrogen) atoms. The zero-order valence-electron chi connectivity index (χ0n) is 17.4. The highest BCUT2D eigenvalue weighted by molar-refractivity contribution is 5.91. The van der Waals surface area contributed by atoms with E-state index in [-0.39, 0.29) is 10.8 Å². The minimum atomic E-state index is -0.473. The molecule has 0 spiro atoms. The van der Waals surface area contributed by atoms with E-state index in [2.05, 4.69) is 46.9 Å². The van der Waals surface area contributed by atoms with E-state index < -0.39 is 5.41 Å². The lowest BCUT2D eigenvalue weighted by Crippen LogP contribution is -2.54. The molecular weight excluding hydrogens is 330 g/mol. The zero-order valence-corrected chi connectivity index (χ0v) is 17.4. The van der Waals surface area contributed by atoms with Crippen molar-refractivity contribution in [1.82, 2.24) is 0 Å². The molecule has 2 heteroatoms. The van der Waals surface area contributed by atoms with E-state index in [9.17, 15) is 10.1 Å². The average molecular weight is 364 g/mol. The Bertz CT molecular complexity index is 813. The molecule has 0 aromatic rings. The number of fused-ring (bicyclic) bond motifs is 5. The smallest absolute Gasteiger partial charge is 0.155 e. The highest BCUT2D eigenvalue weighted by Gasteiger charge is 2.67. The van der Waals surface area contributed by atoms with Crippen LogP contribution < -0.4 is 0 Å². The average Bonchev–Trinajstić information content (AvgIpc) is 2.80. The Balaban J connectivity index is 1.84. The van der Waals surface area contributed by atoms with Gasteiger partial charge >= 0.3 is 0 Å². The molecule has 0 saturated heterocycles. The lowest BCUT2D eigenvalue weighted by Gasteiger charge is -2.60. The van der Waals surface area contributed by atoms with Crippen LogP contribution in [0.15, 0.2) is 36.0 Å². The Morgan fingerprint density at radius 2 is 2.00 bits per heavy atom. The highest BCUT2D eigenvalue weighted by Crippen LogP contribution is 2.73. The van der Waals surface area contributed by atoms with Gasteiger partial charge in [0.15, 0.2) is 5.78 Å². The first-order valence-electron chi connectivity index (χ1n) is 10.7. The summed E-state index contributed by atoms with van der Waals surface area (Å²) in [6, 6.07) is 2.71. The van der Waals surface area contributed by atoms with E-state index in [0.29, 0.717) is 35.9 Å². The molecule has 0 heterocycles. The second-order valence-corrected chi connectivity index (χ2v) is 10.2. The molecule has 0 aliphatic heterocycles. The van der Waals surface area contributed by atoms with Crippen molar-refractivity contribution in [3.05, 3.63) is 36.0 Å². The van der Waals surface area contributed by atoms with E-state index in [4.69, 9.17) is 0 Å². The lowest BCUT2D eigenvalue weighted by atomic mass is 9.43. The summed E-state index contributed by atoms with van der Waals surface area (Å²) in [5.74, 6) is 2.27. The standard InChI is InChI=1S/C25H33NO/c1-7-25(14-26)17(4)16(3)22-21-15(2)12-18-13-19(27)8-10-23(18,5)20(21)9-11-24(22,25)6/h13,15,20-22H,3-4,7-12H2,1-2,5-6H3/t15?,20-,21-,22+,23+,24+,25?/m1/s1. The van der Waals surface area contributed by atoms with Crippen molar-refractivity contribution in [2.24, 2.45) is 39.9 Å². The number of hydrogen-bond donors (Lipinski definition) is 0. The maximum absolute atomic E-state index is 12.1. The van der Waals surface area contributed by atoms with Gasteiger partial charge in [0.1, 0.15) is 0 Å². The third kappa shape index (κ3) is 2.04. The first kappa shape index (κ1) is 18.7. The van der Waals surface area contributed by atoms with Gasteiger partial charge in [-0.25, -0.2) is 0 Å². The van der Waals surface area contributed by atoms with Gasteiger partial charge in [-0.15, -0.1) is 0 Å². The summed E-state index contributed by atoms with van der Waals surface area (Å²) in [5.41, 5.74) is 3.13. The van der Waals surface area contributed by atoms with Crippen LogP contribution in [0.4, 0.5) is 0 Å². The van der Waals surface area contributed by atoms with Crippen molar-refractivity contribution < 1.29 is 4.79 Å². The fraction of sp³-hybridized carbons (Fsp3) is 0.680. The second-order valence-electron chi connectivity index (χ2n) is 10.2. The molecule has 2 nitrogen and oxygen atoms in total. The van der Waals surface area contributed by atoms with Crippen molar-refractivity contribution in [3.8, 4) is 6.07 Å². The van der Waals surface area contributed by atoms with Crippen molar-refractivity contribution >= 4 is 5.78 Å². The van der Waals surface area contributed by atoms with Crippen LogP contribution in [0.3, 0.4) is 0 Å². The molecule has 0 aromatic heterocycles. The molecule has 2 unspecified atom stereocenters. The van der Waals surface area contributed by atoms with Gasteiger partial charge in [-0.2, -0.15) is 5.26 Å². The van der Waals surface area contributed by atoms with E-state index in [1.165, 1.54) is 5.57 Å². The van der Waals surface area contributed by atoms with Gasteiger partial charge in [-0.05, 0) is 83.8 Å².